The van der Waals surface area contributed by atoms with Crippen LogP contribution in [0.15, 0.2) is 18.5 Å². The first kappa shape index (κ1) is 15.4. The summed E-state index contributed by atoms with van der Waals surface area (Å²) < 4.78 is 26.2. The van der Waals surface area contributed by atoms with Crippen molar-refractivity contribution < 1.29 is 13.2 Å². The van der Waals surface area contributed by atoms with E-state index in [1.165, 1.54) is 10.6 Å². The molecule has 3 heterocycles. The van der Waals surface area contributed by atoms with Gasteiger partial charge in [0.25, 0.3) is 0 Å². The van der Waals surface area contributed by atoms with Crippen LogP contribution >= 0.6 is 0 Å². The number of likely N-dealkylation sites (tertiary alicyclic amines) is 1. The van der Waals surface area contributed by atoms with Gasteiger partial charge in [-0.3, -0.25) is 14.4 Å². The summed E-state index contributed by atoms with van der Waals surface area (Å²) in [6.07, 6.45) is 4.91. The molecule has 0 aliphatic carbocycles. The van der Waals surface area contributed by atoms with Gasteiger partial charge in [-0.25, -0.2) is 8.42 Å². The summed E-state index contributed by atoms with van der Waals surface area (Å²) in [5.41, 5.74) is 0. The van der Waals surface area contributed by atoms with Gasteiger partial charge < -0.3 is 4.90 Å². The monoisotopic (exact) mass is 327 g/mol. The molecule has 0 bridgehead atoms. The van der Waals surface area contributed by atoms with Crippen LogP contribution in [0.2, 0.25) is 0 Å². The molecule has 0 saturated carbocycles. The van der Waals surface area contributed by atoms with Crippen LogP contribution in [0, 0.1) is 0 Å². The van der Waals surface area contributed by atoms with Gasteiger partial charge in [-0.1, -0.05) is 0 Å². The number of rotatable bonds is 4. The lowest BCUT2D eigenvalue weighted by Crippen LogP contribution is -2.55. The van der Waals surface area contributed by atoms with Crippen LogP contribution in [-0.4, -0.2) is 90.3 Å². The Labute approximate surface area is 130 Å². The van der Waals surface area contributed by atoms with Crippen molar-refractivity contribution in [3.8, 4) is 0 Å². The number of carbonyl (C=O) groups is 1. The minimum atomic E-state index is -3.15. The van der Waals surface area contributed by atoms with Crippen molar-refractivity contribution in [1.82, 2.24) is 23.9 Å². The fourth-order valence-electron chi connectivity index (χ4n) is 2.90. The van der Waals surface area contributed by atoms with E-state index in [-0.39, 0.29) is 5.91 Å². The van der Waals surface area contributed by atoms with E-state index in [1.807, 2.05) is 16.9 Å². The van der Waals surface area contributed by atoms with Crippen molar-refractivity contribution in [3.05, 3.63) is 18.5 Å². The number of piperazine rings is 1. The molecule has 1 aromatic rings. The molecule has 2 saturated heterocycles. The first-order chi connectivity index (χ1) is 10.4. The number of sulfonamides is 1. The number of amides is 1. The van der Waals surface area contributed by atoms with Gasteiger partial charge in [0.15, 0.2) is 0 Å². The van der Waals surface area contributed by atoms with E-state index < -0.39 is 10.0 Å². The molecular weight excluding hydrogens is 306 g/mol. The first-order valence-electron chi connectivity index (χ1n) is 7.38. The van der Waals surface area contributed by atoms with E-state index in [0.717, 1.165) is 13.1 Å². The average Bonchev–Trinajstić information content (AvgIpc) is 2.95. The molecule has 2 aliphatic rings. The standard InChI is InChI=1S/C13H21N5O3S/c1-22(20,21)17-7-5-16(6-8-17)13(19)11-15-9-12(10-15)18-4-2-3-14-18/h2-4,12H,5-11H2,1H3. The van der Waals surface area contributed by atoms with Gasteiger partial charge in [-0.2, -0.15) is 9.40 Å². The topological polar surface area (TPSA) is 78.8 Å². The fraction of sp³-hybridized carbons (Fsp3) is 0.692. The molecule has 9 heteroatoms. The zero-order chi connectivity index (χ0) is 15.7. The van der Waals surface area contributed by atoms with Crippen LogP contribution in [0.5, 0.6) is 0 Å². The van der Waals surface area contributed by atoms with Gasteiger partial charge in [0.1, 0.15) is 0 Å². The Morgan fingerprint density at radius 3 is 2.45 bits per heavy atom. The maximum absolute atomic E-state index is 12.2. The van der Waals surface area contributed by atoms with Crippen molar-refractivity contribution in [2.45, 2.75) is 6.04 Å². The van der Waals surface area contributed by atoms with E-state index in [1.54, 1.807) is 11.1 Å². The van der Waals surface area contributed by atoms with Crippen molar-refractivity contribution >= 4 is 15.9 Å². The number of nitrogens with zero attached hydrogens (tertiary/aromatic N) is 5. The van der Waals surface area contributed by atoms with E-state index in [4.69, 9.17) is 0 Å². The van der Waals surface area contributed by atoms with Gasteiger partial charge in [-0.05, 0) is 6.07 Å². The third-order valence-electron chi connectivity index (χ3n) is 4.26. The molecule has 0 atom stereocenters. The Bertz CT molecular complexity index is 616. The smallest absolute Gasteiger partial charge is 0.236 e. The predicted octanol–water partition coefficient (Wildman–Crippen LogP) is -1.16. The highest BCUT2D eigenvalue weighted by Gasteiger charge is 2.32. The molecule has 0 unspecified atom stereocenters. The van der Waals surface area contributed by atoms with Gasteiger partial charge in [0.05, 0.1) is 18.8 Å². The minimum Gasteiger partial charge on any atom is -0.339 e. The lowest BCUT2D eigenvalue weighted by Gasteiger charge is -2.40. The fourth-order valence-corrected chi connectivity index (χ4v) is 3.72. The van der Waals surface area contributed by atoms with Crippen LogP contribution < -0.4 is 0 Å². The number of aromatic nitrogens is 2. The highest BCUT2D eigenvalue weighted by atomic mass is 32.2. The maximum Gasteiger partial charge on any atom is 0.236 e. The molecule has 2 fully saturated rings. The van der Waals surface area contributed by atoms with Gasteiger partial charge in [-0.15, -0.1) is 0 Å². The number of hydrogen-bond acceptors (Lipinski definition) is 5. The summed E-state index contributed by atoms with van der Waals surface area (Å²) >= 11 is 0. The van der Waals surface area contributed by atoms with Crippen LogP contribution in [0.1, 0.15) is 6.04 Å². The molecule has 122 valence electrons. The number of carbonyl (C=O) groups excluding carboxylic acids is 1. The summed E-state index contributed by atoms with van der Waals surface area (Å²) in [6.45, 7) is 3.79. The zero-order valence-corrected chi connectivity index (χ0v) is 13.4. The van der Waals surface area contributed by atoms with Crippen LogP contribution in [0.3, 0.4) is 0 Å². The molecule has 1 aromatic heterocycles. The van der Waals surface area contributed by atoms with Crippen molar-refractivity contribution in [1.29, 1.82) is 0 Å². The second kappa shape index (κ2) is 5.98. The van der Waals surface area contributed by atoms with E-state index in [2.05, 4.69) is 10.00 Å². The average molecular weight is 327 g/mol. The van der Waals surface area contributed by atoms with Crippen LogP contribution in [0.25, 0.3) is 0 Å². The van der Waals surface area contributed by atoms with Crippen LogP contribution in [0.4, 0.5) is 0 Å². The summed E-state index contributed by atoms with van der Waals surface area (Å²) in [4.78, 5) is 16.1. The van der Waals surface area contributed by atoms with Crippen molar-refractivity contribution in [2.24, 2.45) is 0 Å². The lowest BCUT2D eigenvalue weighted by molar-refractivity contribution is -0.135. The molecule has 22 heavy (non-hydrogen) atoms. The minimum absolute atomic E-state index is 0.0760. The summed E-state index contributed by atoms with van der Waals surface area (Å²) in [5, 5.41) is 4.21. The molecule has 2 aliphatic heterocycles. The first-order valence-corrected chi connectivity index (χ1v) is 9.23. The number of hydrogen-bond donors (Lipinski definition) is 0. The second-order valence-corrected chi connectivity index (χ2v) is 7.86. The SMILES string of the molecule is CS(=O)(=O)N1CCN(C(=O)CN2CC(n3cccn3)C2)CC1. The highest BCUT2D eigenvalue weighted by molar-refractivity contribution is 7.88. The highest BCUT2D eigenvalue weighted by Crippen LogP contribution is 2.20. The van der Waals surface area contributed by atoms with Gasteiger partial charge in [0, 0.05) is 51.7 Å². The van der Waals surface area contributed by atoms with E-state index in [0.29, 0.717) is 38.8 Å². The van der Waals surface area contributed by atoms with Crippen molar-refractivity contribution in [3.63, 3.8) is 0 Å². The summed E-state index contributed by atoms with van der Waals surface area (Å²) in [6, 6.07) is 2.25. The van der Waals surface area contributed by atoms with Crippen LogP contribution in [-0.2, 0) is 14.8 Å². The molecule has 8 nitrogen and oxygen atoms in total. The maximum atomic E-state index is 12.2. The third kappa shape index (κ3) is 3.31. The van der Waals surface area contributed by atoms with E-state index >= 15 is 0 Å². The predicted molar refractivity (Wildman–Crippen MR) is 80.7 cm³/mol. The van der Waals surface area contributed by atoms with Gasteiger partial charge in [0.2, 0.25) is 15.9 Å². The normalized spacial score (nSPS) is 21.8. The molecule has 0 N–H and O–H groups in total. The molecule has 1 amide bonds. The van der Waals surface area contributed by atoms with Crippen molar-refractivity contribution in [2.75, 3.05) is 52.1 Å². The lowest BCUT2D eigenvalue weighted by atomic mass is 10.1. The third-order valence-corrected chi connectivity index (χ3v) is 5.56. The van der Waals surface area contributed by atoms with E-state index in [9.17, 15) is 13.2 Å². The largest absolute Gasteiger partial charge is 0.339 e. The Kier molecular flexibility index (Phi) is 4.20. The Morgan fingerprint density at radius 2 is 1.91 bits per heavy atom. The molecule has 0 spiro atoms. The second-order valence-electron chi connectivity index (χ2n) is 5.88. The molecule has 0 radical (unpaired) electrons. The zero-order valence-electron chi connectivity index (χ0n) is 12.6. The Balaban J connectivity index is 1.43. The summed E-state index contributed by atoms with van der Waals surface area (Å²) in [5.74, 6) is 0.0760. The molecule has 0 aromatic carbocycles. The molecular formula is C13H21N5O3S. The quantitative estimate of drug-likeness (QED) is 0.697. The Morgan fingerprint density at radius 1 is 1.23 bits per heavy atom. The Hall–Kier alpha value is -1.45. The van der Waals surface area contributed by atoms with Gasteiger partial charge >= 0.3 is 0 Å². The molecule has 3 rings (SSSR count). The summed E-state index contributed by atoms with van der Waals surface area (Å²) in [7, 11) is -3.15.